The lowest BCUT2D eigenvalue weighted by atomic mass is 10.1. The van der Waals surface area contributed by atoms with Gasteiger partial charge in [-0.15, -0.1) is 0 Å². The monoisotopic (exact) mass is 244 g/mol. The van der Waals surface area contributed by atoms with Crippen molar-refractivity contribution in [2.45, 2.75) is 26.2 Å². The Labute approximate surface area is 108 Å². The van der Waals surface area contributed by atoms with E-state index in [9.17, 15) is 4.79 Å². The molecule has 1 aromatic rings. The summed E-state index contributed by atoms with van der Waals surface area (Å²) in [6, 6.07) is 7.75. The molecule has 3 heteroatoms. The average Bonchev–Trinajstić information content (AvgIpc) is 2.37. The fraction of sp³-hybridized carbons (Fsp3) is 0.400. The van der Waals surface area contributed by atoms with Crippen LogP contribution in [0.25, 0.3) is 0 Å². The first-order valence-corrected chi connectivity index (χ1v) is 6.43. The second-order valence-corrected chi connectivity index (χ2v) is 4.89. The molecule has 0 atom stereocenters. The quantitative estimate of drug-likeness (QED) is 0.655. The molecular weight excluding hydrogens is 224 g/mol. The fourth-order valence-electron chi connectivity index (χ4n) is 2.16. The lowest BCUT2D eigenvalue weighted by Gasteiger charge is -2.25. The van der Waals surface area contributed by atoms with Crippen LogP contribution in [0.15, 0.2) is 35.9 Å². The fourth-order valence-corrected chi connectivity index (χ4v) is 2.16. The van der Waals surface area contributed by atoms with Gasteiger partial charge in [-0.05, 0) is 37.5 Å². The van der Waals surface area contributed by atoms with Crippen LogP contribution in [0.3, 0.4) is 0 Å². The normalized spacial score (nSPS) is 15.4. The minimum Gasteiger partial charge on any atom is -0.399 e. The third kappa shape index (κ3) is 3.36. The smallest absolute Gasteiger partial charge is 0.223 e. The minimum atomic E-state index is 0.237. The van der Waals surface area contributed by atoms with E-state index < -0.39 is 0 Å². The third-order valence-electron chi connectivity index (χ3n) is 3.37. The van der Waals surface area contributed by atoms with E-state index in [1.807, 2.05) is 29.2 Å². The molecule has 1 aromatic carbocycles. The number of hydrogen-bond acceptors (Lipinski definition) is 2. The predicted molar refractivity (Wildman–Crippen MR) is 74.1 cm³/mol. The number of carbonyl (C=O) groups is 1. The number of carbonyl (C=O) groups excluding carboxylic acids is 1. The summed E-state index contributed by atoms with van der Waals surface area (Å²) in [6.45, 7) is 3.74. The van der Waals surface area contributed by atoms with Gasteiger partial charge in [0.05, 0.1) is 0 Å². The van der Waals surface area contributed by atoms with E-state index in [2.05, 4.69) is 13.0 Å². The summed E-state index contributed by atoms with van der Waals surface area (Å²) in [5.74, 6) is 0.237. The van der Waals surface area contributed by atoms with E-state index in [-0.39, 0.29) is 5.91 Å². The van der Waals surface area contributed by atoms with Gasteiger partial charge in [0.2, 0.25) is 5.91 Å². The molecule has 0 saturated carbocycles. The zero-order chi connectivity index (χ0) is 13.0. The van der Waals surface area contributed by atoms with Crippen LogP contribution in [0, 0.1) is 0 Å². The second-order valence-electron chi connectivity index (χ2n) is 4.89. The van der Waals surface area contributed by atoms with Crippen LogP contribution in [0.4, 0.5) is 5.69 Å². The molecule has 0 aromatic heterocycles. The molecule has 0 fully saturated rings. The summed E-state index contributed by atoms with van der Waals surface area (Å²) in [7, 11) is 0. The van der Waals surface area contributed by atoms with E-state index in [1.54, 1.807) is 0 Å². The van der Waals surface area contributed by atoms with Crippen molar-refractivity contribution in [2.75, 3.05) is 18.8 Å². The number of nitrogens with zero attached hydrogens (tertiary/aromatic N) is 1. The number of amides is 1. The van der Waals surface area contributed by atoms with Gasteiger partial charge in [0, 0.05) is 25.2 Å². The Balaban J connectivity index is 1.85. The summed E-state index contributed by atoms with van der Waals surface area (Å²) in [6.07, 6.45) is 4.48. The Kier molecular flexibility index (Phi) is 4.03. The predicted octanol–water partition coefficient (Wildman–Crippen LogP) is 2.38. The molecule has 1 heterocycles. The van der Waals surface area contributed by atoms with Crippen LogP contribution in [-0.4, -0.2) is 23.9 Å². The van der Waals surface area contributed by atoms with Crippen LogP contribution < -0.4 is 5.73 Å². The van der Waals surface area contributed by atoms with Crippen molar-refractivity contribution in [1.29, 1.82) is 0 Å². The average molecular weight is 244 g/mol. The molecule has 2 rings (SSSR count). The highest BCUT2D eigenvalue weighted by molar-refractivity contribution is 5.76. The molecule has 1 amide bonds. The molecule has 0 aliphatic carbocycles. The van der Waals surface area contributed by atoms with Crippen LogP contribution in [0.1, 0.15) is 25.3 Å². The van der Waals surface area contributed by atoms with Crippen molar-refractivity contribution < 1.29 is 4.79 Å². The highest BCUT2D eigenvalue weighted by Crippen LogP contribution is 2.13. The number of rotatable bonds is 3. The van der Waals surface area contributed by atoms with Gasteiger partial charge < -0.3 is 10.6 Å². The van der Waals surface area contributed by atoms with Crippen LogP contribution in [-0.2, 0) is 11.2 Å². The van der Waals surface area contributed by atoms with Gasteiger partial charge in [-0.2, -0.15) is 0 Å². The number of nitrogen functional groups attached to an aromatic ring is 1. The third-order valence-corrected chi connectivity index (χ3v) is 3.37. The van der Waals surface area contributed by atoms with Crippen LogP contribution in [0.2, 0.25) is 0 Å². The summed E-state index contributed by atoms with van der Waals surface area (Å²) >= 11 is 0. The standard InChI is InChI=1S/C15H20N2O/c1-12-7-9-17(10-8-12)15(18)6-5-13-3-2-4-14(16)11-13/h2-4,7,11H,5-6,8-10,16H2,1H3. The van der Waals surface area contributed by atoms with Crippen molar-refractivity contribution in [3.63, 3.8) is 0 Å². The Morgan fingerprint density at radius 1 is 1.44 bits per heavy atom. The SMILES string of the molecule is CC1=CCN(C(=O)CCc2cccc(N)c2)CC1. The maximum atomic E-state index is 12.0. The largest absolute Gasteiger partial charge is 0.399 e. The number of anilines is 1. The molecule has 0 bridgehead atoms. The molecule has 0 saturated heterocycles. The summed E-state index contributed by atoms with van der Waals surface area (Å²) < 4.78 is 0. The first-order chi connectivity index (χ1) is 8.65. The van der Waals surface area contributed by atoms with Crippen LogP contribution >= 0.6 is 0 Å². The van der Waals surface area contributed by atoms with Gasteiger partial charge >= 0.3 is 0 Å². The Morgan fingerprint density at radius 2 is 2.28 bits per heavy atom. The summed E-state index contributed by atoms with van der Waals surface area (Å²) in [5.41, 5.74) is 9.00. The van der Waals surface area contributed by atoms with Gasteiger partial charge in [-0.1, -0.05) is 23.8 Å². The Hall–Kier alpha value is -1.77. The number of aryl methyl sites for hydroxylation is 1. The van der Waals surface area contributed by atoms with Gasteiger partial charge in [-0.3, -0.25) is 4.79 Å². The van der Waals surface area contributed by atoms with E-state index in [0.717, 1.165) is 37.2 Å². The molecule has 96 valence electrons. The topological polar surface area (TPSA) is 46.3 Å². The lowest BCUT2D eigenvalue weighted by molar-refractivity contribution is -0.130. The molecule has 0 radical (unpaired) electrons. The van der Waals surface area contributed by atoms with E-state index >= 15 is 0 Å². The Morgan fingerprint density at radius 3 is 2.94 bits per heavy atom. The highest BCUT2D eigenvalue weighted by atomic mass is 16.2. The van der Waals surface area contributed by atoms with Crippen molar-refractivity contribution in [3.8, 4) is 0 Å². The Bertz CT molecular complexity index is 465. The van der Waals surface area contributed by atoms with Crippen molar-refractivity contribution in [2.24, 2.45) is 0 Å². The maximum Gasteiger partial charge on any atom is 0.223 e. The molecule has 3 nitrogen and oxygen atoms in total. The molecule has 0 spiro atoms. The van der Waals surface area contributed by atoms with Crippen LogP contribution in [0.5, 0.6) is 0 Å². The molecule has 18 heavy (non-hydrogen) atoms. The van der Waals surface area contributed by atoms with Crippen molar-refractivity contribution in [1.82, 2.24) is 4.90 Å². The zero-order valence-electron chi connectivity index (χ0n) is 10.9. The summed E-state index contributed by atoms with van der Waals surface area (Å²) in [5, 5.41) is 0. The van der Waals surface area contributed by atoms with E-state index in [4.69, 9.17) is 5.73 Å². The molecule has 0 unspecified atom stereocenters. The van der Waals surface area contributed by atoms with E-state index in [0.29, 0.717) is 6.42 Å². The van der Waals surface area contributed by atoms with Gasteiger partial charge in [0.1, 0.15) is 0 Å². The summed E-state index contributed by atoms with van der Waals surface area (Å²) in [4.78, 5) is 14.0. The molecule has 1 aliphatic heterocycles. The maximum absolute atomic E-state index is 12.0. The van der Waals surface area contributed by atoms with E-state index in [1.165, 1.54) is 5.57 Å². The van der Waals surface area contributed by atoms with Gasteiger partial charge in [0.15, 0.2) is 0 Å². The second kappa shape index (κ2) is 5.71. The van der Waals surface area contributed by atoms with Gasteiger partial charge in [0.25, 0.3) is 0 Å². The first kappa shape index (κ1) is 12.7. The van der Waals surface area contributed by atoms with Crippen molar-refractivity contribution in [3.05, 3.63) is 41.5 Å². The first-order valence-electron chi connectivity index (χ1n) is 6.43. The number of hydrogen-bond donors (Lipinski definition) is 1. The molecular formula is C15H20N2O. The highest BCUT2D eigenvalue weighted by Gasteiger charge is 2.15. The lowest BCUT2D eigenvalue weighted by Crippen LogP contribution is -2.34. The van der Waals surface area contributed by atoms with Crippen molar-refractivity contribution >= 4 is 11.6 Å². The number of nitrogens with two attached hydrogens (primary N) is 1. The molecule has 2 N–H and O–H groups in total. The zero-order valence-corrected chi connectivity index (χ0v) is 10.9. The number of benzene rings is 1. The molecule has 1 aliphatic rings. The minimum absolute atomic E-state index is 0.237. The van der Waals surface area contributed by atoms with Gasteiger partial charge in [-0.25, -0.2) is 0 Å².